The fourth-order valence-electron chi connectivity index (χ4n) is 2.19. The Morgan fingerprint density at radius 2 is 2.16 bits per heavy atom. The van der Waals surface area contributed by atoms with E-state index in [1.54, 1.807) is 6.07 Å². The number of nitrogens with zero attached hydrogens (tertiary/aromatic N) is 3. The molecule has 0 saturated carbocycles. The van der Waals surface area contributed by atoms with E-state index in [1.807, 2.05) is 18.7 Å². The molecule has 0 aromatic carbocycles. The number of hydrogen-bond donors (Lipinski definition) is 1. The van der Waals surface area contributed by atoms with Gasteiger partial charge in [0.25, 0.3) is 0 Å². The zero-order chi connectivity index (χ0) is 13.8. The van der Waals surface area contributed by atoms with Crippen molar-refractivity contribution in [3.63, 3.8) is 0 Å². The van der Waals surface area contributed by atoms with Crippen LogP contribution in [0.5, 0.6) is 0 Å². The lowest BCUT2D eigenvalue weighted by Gasteiger charge is -2.21. The fraction of sp³-hybridized carbons (Fsp3) is 0.615. The van der Waals surface area contributed by atoms with Gasteiger partial charge in [0.1, 0.15) is 22.3 Å². The summed E-state index contributed by atoms with van der Waals surface area (Å²) < 4.78 is 0.739. The third-order valence-corrected chi connectivity index (χ3v) is 3.62. The molecule has 2 rings (SSSR count). The molecule has 1 aromatic rings. The second-order valence-corrected chi connectivity index (χ2v) is 5.56. The summed E-state index contributed by atoms with van der Waals surface area (Å²) in [5, 5.41) is 3.16. The highest BCUT2D eigenvalue weighted by Crippen LogP contribution is 2.15. The maximum atomic E-state index is 12.2. The smallest absolute Gasteiger partial charge is 0.244 e. The Morgan fingerprint density at radius 3 is 2.79 bits per heavy atom. The second-order valence-electron chi connectivity index (χ2n) is 4.74. The van der Waals surface area contributed by atoms with Gasteiger partial charge >= 0.3 is 0 Å². The number of nitrogens with one attached hydrogen (secondary N) is 1. The van der Waals surface area contributed by atoms with Crippen LogP contribution < -0.4 is 5.32 Å². The Bertz CT molecular complexity index is 460. The Hall–Kier alpha value is -1.17. The second kappa shape index (κ2) is 6.32. The summed E-state index contributed by atoms with van der Waals surface area (Å²) in [5.41, 5.74) is 0. The number of hydrogen-bond acceptors (Lipinski definition) is 4. The molecule has 1 saturated heterocycles. The molecule has 1 aromatic heterocycles. The van der Waals surface area contributed by atoms with Gasteiger partial charge < -0.3 is 10.2 Å². The van der Waals surface area contributed by atoms with Gasteiger partial charge in [0.2, 0.25) is 5.91 Å². The average Bonchev–Trinajstić information content (AvgIpc) is 2.90. The summed E-state index contributed by atoms with van der Waals surface area (Å²) in [6.45, 7) is 5.63. The zero-order valence-corrected chi connectivity index (χ0v) is 12.9. The Balaban J connectivity index is 2.03. The van der Waals surface area contributed by atoms with Gasteiger partial charge in [0, 0.05) is 25.6 Å². The minimum Gasteiger partial charge on any atom is -0.358 e. The molecule has 6 heteroatoms. The van der Waals surface area contributed by atoms with Crippen LogP contribution in [0.3, 0.4) is 0 Å². The van der Waals surface area contributed by atoms with Crippen molar-refractivity contribution >= 4 is 27.7 Å². The summed E-state index contributed by atoms with van der Waals surface area (Å²) in [6, 6.07) is 1.54. The molecule has 1 fully saturated rings. The van der Waals surface area contributed by atoms with Crippen molar-refractivity contribution in [3.8, 4) is 0 Å². The van der Waals surface area contributed by atoms with Gasteiger partial charge in [-0.3, -0.25) is 4.79 Å². The first-order chi connectivity index (χ1) is 9.10. The SMILES string of the molecule is CCc1nc(Br)cc(NC(C)C(=O)N2CCCC2)n1. The van der Waals surface area contributed by atoms with E-state index in [1.165, 1.54) is 0 Å². The van der Waals surface area contributed by atoms with Crippen molar-refractivity contribution in [2.24, 2.45) is 0 Å². The summed E-state index contributed by atoms with van der Waals surface area (Å²) in [5.74, 6) is 1.60. The minimum atomic E-state index is -0.260. The average molecular weight is 327 g/mol. The molecule has 1 atom stereocenters. The molecule has 1 unspecified atom stereocenters. The topological polar surface area (TPSA) is 58.1 Å². The monoisotopic (exact) mass is 326 g/mol. The quantitative estimate of drug-likeness (QED) is 0.862. The predicted octanol–water partition coefficient (Wildman–Crippen LogP) is 2.22. The van der Waals surface area contributed by atoms with Crippen LogP contribution in [0.25, 0.3) is 0 Å². The third-order valence-electron chi connectivity index (χ3n) is 3.21. The summed E-state index contributed by atoms with van der Waals surface area (Å²) in [4.78, 5) is 22.7. The van der Waals surface area contributed by atoms with Crippen molar-refractivity contribution in [2.45, 2.75) is 39.2 Å². The molecule has 19 heavy (non-hydrogen) atoms. The first-order valence-electron chi connectivity index (χ1n) is 6.69. The standard InChI is InChI=1S/C13H19BrN4O/c1-3-11-16-10(14)8-12(17-11)15-9(2)13(19)18-6-4-5-7-18/h8-9H,3-7H2,1-2H3,(H,15,16,17). The molecule has 2 heterocycles. The molecule has 0 spiro atoms. The molecule has 104 valence electrons. The number of carbonyl (C=O) groups excluding carboxylic acids is 1. The molecule has 1 N–H and O–H groups in total. The van der Waals surface area contributed by atoms with Crippen molar-refractivity contribution < 1.29 is 4.79 Å². The summed E-state index contributed by atoms with van der Waals surface area (Å²) >= 11 is 3.36. The van der Waals surface area contributed by atoms with Crippen LogP contribution in [0.2, 0.25) is 0 Å². The van der Waals surface area contributed by atoms with Crippen LogP contribution in [-0.4, -0.2) is 39.9 Å². The van der Waals surface area contributed by atoms with Gasteiger partial charge in [-0.2, -0.15) is 0 Å². The Morgan fingerprint density at radius 1 is 1.47 bits per heavy atom. The van der Waals surface area contributed by atoms with E-state index in [-0.39, 0.29) is 11.9 Å². The largest absolute Gasteiger partial charge is 0.358 e. The van der Waals surface area contributed by atoms with Gasteiger partial charge in [0.05, 0.1) is 0 Å². The number of likely N-dealkylation sites (tertiary alicyclic amines) is 1. The number of amides is 1. The lowest BCUT2D eigenvalue weighted by molar-refractivity contribution is -0.130. The number of carbonyl (C=O) groups is 1. The fourth-order valence-corrected chi connectivity index (χ4v) is 2.61. The van der Waals surface area contributed by atoms with E-state index >= 15 is 0 Å². The van der Waals surface area contributed by atoms with Gasteiger partial charge in [-0.25, -0.2) is 9.97 Å². The molecular weight excluding hydrogens is 308 g/mol. The number of anilines is 1. The van der Waals surface area contributed by atoms with Gasteiger partial charge in [-0.05, 0) is 35.7 Å². The van der Waals surface area contributed by atoms with Crippen molar-refractivity contribution in [1.29, 1.82) is 0 Å². The Kier molecular flexibility index (Phi) is 4.74. The third kappa shape index (κ3) is 3.65. The van der Waals surface area contributed by atoms with Gasteiger partial charge in [-0.15, -0.1) is 0 Å². The van der Waals surface area contributed by atoms with Crippen molar-refractivity contribution in [2.75, 3.05) is 18.4 Å². The van der Waals surface area contributed by atoms with Crippen LogP contribution >= 0.6 is 15.9 Å². The van der Waals surface area contributed by atoms with Crippen molar-refractivity contribution in [3.05, 3.63) is 16.5 Å². The first kappa shape index (κ1) is 14.2. The molecule has 0 bridgehead atoms. The number of aryl methyl sites for hydroxylation is 1. The number of rotatable bonds is 4. The van der Waals surface area contributed by atoms with Crippen LogP contribution in [0.1, 0.15) is 32.5 Å². The van der Waals surface area contributed by atoms with E-state index in [4.69, 9.17) is 0 Å². The van der Waals surface area contributed by atoms with Crippen molar-refractivity contribution in [1.82, 2.24) is 14.9 Å². The van der Waals surface area contributed by atoms with Crippen LogP contribution in [0, 0.1) is 0 Å². The molecule has 5 nitrogen and oxygen atoms in total. The zero-order valence-electron chi connectivity index (χ0n) is 11.3. The normalized spacial score (nSPS) is 16.5. The first-order valence-corrected chi connectivity index (χ1v) is 7.48. The van der Waals surface area contributed by atoms with E-state index in [2.05, 4.69) is 31.2 Å². The molecule has 0 aliphatic carbocycles. The lowest BCUT2D eigenvalue weighted by atomic mass is 10.3. The lowest BCUT2D eigenvalue weighted by Crippen LogP contribution is -2.39. The molecular formula is C13H19BrN4O. The minimum absolute atomic E-state index is 0.144. The molecule has 1 aliphatic heterocycles. The summed E-state index contributed by atoms with van der Waals surface area (Å²) in [7, 11) is 0. The van der Waals surface area contributed by atoms with Crippen LogP contribution in [-0.2, 0) is 11.2 Å². The van der Waals surface area contributed by atoms with Crippen LogP contribution in [0.15, 0.2) is 10.7 Å². The predicted molar refractivity (Wildman–Crippen MR) is 78.0 cm³/mol. The number of halogens is 1. The van der Waals surface area contributed by atoms with Gasteiger partial charge in [-0.1, -0.05) is 6.92 Å². The van der Waals surface area contributed by atoms with Gasteiger partial charge in [0.15, 0.2) is 0 Å². The van der Waals surface area contributed by atoms with E-state index < -0.39 is 0 Å². The maximum Gasteiger partial charge on any atom is 0.244 e. The van der Waals surface area contributed by atoms with E-state index in [0.717, 1.165) is 42.8 Å². The maximum absolute atomic E-state index is 12.2. The molecule has 1 aliphatic rings. The highest BCUT2D eigenvalue weighted by Gasteiger charge is 2.23. The van der Waals surface area contributed by atoms with Crippen LogP contribution in [0.4, 0.5) is 5.82 Å². The molecule has 1 amide bonds. The number of aromatic nitrogens is 2. The summed E-state index contributed by atoms with van der Waals surface area (Å²) in [6.07, 6.45) is 2.98. The Labute approximate surface area is 121 Å². The molecule has 0 radical (unpaired) electrons. The van der Waals surface area contributed by atoms with E-state index in [0.29, 0.717) is 5.82 Å². The highest BCUT2D eigenvalue weighted by molar-refractivity contribution is 9.10. The highest BCUT2D eigenvalue weighted by atomic mass is 79.9. The van der Waals surface area contributed by atoms with E-state index in [9.17, 15) is 4.79 Å².